The maximum Gasteiger partial charge on any atom is 2.00 e. The number of aromatic nitrogens is 1. The van der Waals surface area contributed by atoms with E-state index >= 15 is 0 Å². The quantitative estimate of drug-likeness (QED) is 0.808. The molecule has 2 saturated carbocycles. The average Bonchev–Trinajstić information content (AvgIpc) is 3.14. The molecule has 10 radical (unpaired) electrons. The normalized spacial score (nSPS) is 19.1. The van der Waals surface area contributed by atoms with E-state index in [4.69, 9.17) is 10.0 Å². The second-order valence-corrected chi connectivity index (χ2v) is 4.00. The molecule has 0 unspecified atom stereocenters. The van der Waals surface area contributed by atoms with Crippen LogP contribution in [-0.2, 0) is 17.1 Å². The van der Waals surface area contributed by atoms with Gasteiger partial charge in [-0.1, -0.05) is 0 Å². The molecule has 1 aromatic rings. The summed E-state index contributed by atoms with van der Waals surface area (Å²) in [6.07, 6.45) is 18.7. The van der Waals surface area contributed by atoms with Crippen molar-refractivity contribution in [3.8, 4) is 0 Å². The van der Waals surface area contributed by atoms with Crippen molar-refractivity contribution >= 4 is 7.12 Å². The van der Waals surface area contributed by atoms with E-state index < -0.39 is 7.12 Å². The number of hydrogen-bond donors (Lipinski definition) is 2. The van der Waals surface area contributed by atoms with Gasteiger partial charge in [0, 0.05) is 24.1 Å². The van der Waals surface area contributed by atoms with E-state index in [0.717, 1.165) is 0 Å². The summed E-state index contributed by atoms with van der Waals surface area (Å²) in [5.41, 5.74) is 1.23. The van der Waals surface area contributed by atoms with Gasteiger partial charge < -0.3 is 10.0 Å². The molecule has 5 heteroatoms. The largest absolute Gasteiger partial charge is 2.00 e. The molecule has 0 saturated heterocycles. The zero-order valence-electron chi connectivity index (χ0n) is 10.7. The smallest absolute Gasteiger partial charge is 0.427 e. The molecule has 2 N–H and O–H groups in total. The van der Waals surface area contributed by atoms with E-state index in [1.165, 1.54) is 11.5 Å². The van der Waals surface area contributed by atoms with E-state index in [-0.39, 0.29) is 17.1 Å². The zero-order chi connectivity index (χ0) is 13.5. The van der Waals surface area contributed by atoms with Crippen molar-refractivity contribution in [1.29, 1.82) is 0 Å². The molecular weight excluding hydrogens is 293 g/mol. The molecule has 100 valence electrons. The van der Waals surface area contributed by atoms with Gasteiger partial charge in [0.15, 0.2) is 0 Å². The number of hydrogen-bond acceptors (Lipinski definition) is 3. The van der Waals surface area contributed by atoms with Crippen molar-refractivity contribution in [3.63, 3.8) is 0 Å². The molecule has 0 amide bonds. The summed E-state index contributed by atoms with van der Waals surface area (Å²) in [6.45, 7) is 0. The van der Waals surface area contributed by atoms with Crippen molar-refractivity contribution in [1.82, 2.24) is 4.98 Å². The molecule has 1 aromatic heterocycles. The van der Waals surface area contributed by atoms with Crippen molar-refractivity contribution in [2.75, 3.05) is 0 Å². The molecule has 2 aliphatic carbocycles. The fourth-order valence-corrected chi connectivity index (χ4v) is 1.67. The van der Waals surface area contributed by atoms with Crippen LogP contribution < -0.4 is 0 Å². The average molecular weight is 307 g/mol. The molecule has 0 atom stereocenters. The van der Waals surface area contributed by atoms with Gasteiger partial charge in [-0.2, -0.15) is 0 Å². The molecule has 0 aromatic carbocycles. The maximum atomic E-state index is 8.47. The summed E-state index contributed by atoms with van der Waals surface area (Å²) in [5, 5.41) is 16.9. The summed E-state index contributed by atoms with van der Waals surface area (Å²) in [7, 11) is -1.31. The third kappa shape index (κ3) is 5.57. The SMILES string of the molecule is OB(O)[C]1[CH][CH][CH][CH]1.[CH]1[CH][CH][C](c2ccncc2)[CH]1.[Fe+2]. The number of nitrogens with zero attached hydrogens (tertiary/aromatic N) is 1. The van der Waals surface area contributed by atoms with Gasteiger partial charge in [0.1, 0.15) is 0 Å². The molecule has 3 nitrogen and oxygen atoms in total. The zero-order valence-corrected chi connectivity index (χ0v) is 11.8. The van der Waals surface area contributed by atoms with Crippen LogP contribution in [0, 0.1) is 63.1 Å². The van der Waals surface area contributed by atoms with E-state index in [0.29, 0.717) is 5.82 Å². The topological polar surface area (TPSA) is 53.4 Å². The Bertz CT molecular complexity index is 352. The standard InChI is InChI=1S/C10H8N.C5H6BO2.Fe/c1-2-4-9(3-1)10-5-7-11-8-6-10;7-6(8)5-3-1-2-4-5;/h1-8H;1-4,7-8H;/q;;+2. The minimum Gasteiger partial charge on any atom is -0.427 e. The van der Waals surface area contributed by atoms with Crippen LogP contribution in [0.3, 0.4) is 0 Å². The Labute approximate surface area is 132 Å². The Morgan fingerprint density at radius 1 is 0.800 bits per heavy atom. The van der Waals surface area contributed by atoms with Gasteiger partial charge in [-0.3, -0.25) is 4.98 Å². The Balaban J connectivity index is 0.000000200. The summed E-state index contributed by atoms with van der Waals surface area (Å²) in [5.74, 6) is 1.80. The Hall–Kier alpha value is -0.346. The number of rotatable bonds is 2. The molecule has 1 heterocycles. The van der Waals surface area contributed by atoms with Crippen LogP contribution >= 0.6 is 0 Å². The summed E-state index contributed by atoms with van der Waals surface area (Å²) in [4.78, 5) is 3.96. The first-order valence-corrected chi connectivity index (χ1v) is 5.97. The van der Waals surface area contributed by atoms with Crippen LogP contribution in [0.5, 0.6) is 0 Å². The van der Waals surface area contributed by atoms with Crippen molar-refractivity contribution < 1.29 is 27.1 Å². The van der Waals surface area contributed by atoms with Gasteiger partial charge in [0.25, 0.3) is 0 Å². The van der Waals surface area contributed by atoms with Crippen LogP contribution in [0.25, 0.3) is 0 Å². The maximum absolute atomic E-state index is 8.47. The minimum atomic E-state index is -1.31. The molecule has 2 fully saturated rings. The van der Waals surface area contributed by atoms with Crippen molar-refractivity contribution in [3.05, 3.63) is 93.2 Å². The van der Waals surface area contributed by atoms with Crippen LogP contribution in [0.15, 0.2) is 24.5 Å². The Morgan fingerprint density at radius 3 is 1.75 bits per heavy atom. The first-order chi connectivity index (χ1) is 9.27. The van der Waals surface area contributed by atoms with E-state index in [9.17, 15) is 0 Å². The summed E-state index contributed by atoms with van der Waals surface area (Å²) in [6, 6.07) is 4.02. The first kappa shape index (κ1) is 17.7. The number of pyridine rings is 1. The van der Waals surface area contributed by atoms with Crippen LogP contribution in [0.2, 0.25) is 0 Å². The Morgan fingerprint density at radius 2 is 1.30 bits per heavy atom. The molecule has 0 aliphatic heterocycles. The molecular formula is C15H14BFeNO2+2. The van der Waals surface area contributed by atoms with Gasteiger partial charge in [-0.15, -0.1) is 0 Å². The van der Waals surface area contributed by atoms with Gasteiger partial charge in [-0.25, -0.2) is 0 Å². The van der Waals surface area contributed by atoms with Gasteiger partial charge in [0.2, 0.25) is 0 Å². The first-order valence-electron chi connectivity index (χ1n) is 5.97. The third-order valence-corrected chi connectivity index (χ3v) is 2.66. The second-order valence-electron chi connectivity index (χ2n) is 4.00. The fourth-order valence-electron chi connectivity index (χ4n) is 1.67. The molecule has 0 spiro atoms. The second kappa shape index (κ2) is 9.57. The van der Waals surface area contributed by atoms with Crippen LogP contribution in [-0.4, -0.2) is 22.2 Å². The molecule has 0 bridgehead atoms. The van der Waals surface area contributed by atoms with E-state index in [2.05, 4.69) is 17.8 Å². The van der Waals surface area contributed by atoms with E-state index in [1.807, 2.05) is 37.4 Å². The summed E-state index contributed by atoms with van der Waals surface area (Å²) < 4.78 is 0. The van der Waals surface area contributed by atoms with Crippen LogP contribution in [0.1, 0.15) is 5.56 Å². The van der Waals surface area contributed by atoms with E-state index in [1.54, 1.807) is 25.7 Å². The monoisotopic (exact) mass is 307 g/mol. The molecule has 2 aliphatic rings. The predicted molar refractivity (Wildman–Crippen MR) is 74.4 cm³/mol. The minimum absolute atomic E-state index is 0. The van der Waals surface area contributed by atoms with Gasteiger partial charge >= 0.3 is 24.2 Å². The van der Waals surface area contributed by atoms with Crippen LogP contribution in [0.4, 0.5) is 0 Å². The molecule has 20 heavy (non-hydrogen) atoms. The van der Waals surface area contributed by atoms with Crippen molar-refractivity contribution in [2.45, 2.75) is 0 Å². The molecule has 3 rings (SSSR count). The van der Waals surface area contributed by atoms with Gasteiger partial charge in [-0.05, 0) is 69.1 Å². The van der Waals surface area contributed by atoms with Gasteiger partial charge in [0.05, 0.1) is 0 Å². The fraction of sp³-hybridized carbons (Fsp3) is 0. The van der Waals surface area contributed by atoms with Crippen molar-refractivity contribution in [2.24, 2.45) is 0 Å². The third-order valence-electron chi connectivity index (χ3n) is 2.66. The Kier molecular flexibility index (Phi) is 8.47. The summed E-state index contributed by atoms with van der Waals surface area (Å²) >= 11 is 0. The predicted octanol–water partition coefficient (Wildman–Crippen LogP) is 1.24.